The maximum Gasteiger partial charge on any atom is 0.0944 e. The van der Waals surface area contributed by atoms with Gasteiger partial charge in [0, 0.05) is 48.3 Å². The molecule has 0 N–H and O–H groups in total. The fourth-order valence-electron chi connectivity index (χ4n) is 2.73. The number of hydrogen-bond donors (Lipinski definition) is 0. The molecule has 2 aliphatic heterocycles. The van der Waals surface area contributed by atoms with Gasteiger partial charge in [0.2, 0.25) is 0 Å². The first-order valence-electron chi connectivity index (χ1n) is 8.06. The molecule has 0 spiro atoms. The topological polar surface area (TPSA) is 13.0 Å². The fraction of sp³-hybridized carbons (Fsp3) is 0.444. The summed E-state index contributed by atoms with van der Waals surface area (Å²) in [4.78, 5) is 9.26. The molecule has 1 aromatic rings. The number of hydrogen-bond acceptors (Lipinski definition) is 4. The summed E-state index contributed by atoms with van der Waals surface area (Å²) >= 11 is 0. The van der Waals surface area contributed by atoms with Crippen LogP contribution in [0.25, 0.3) is 0 Å². The molecule has 4 nitrogen and oxygen atoms in total. The van der Waals surface area contributed by atoms with Gasteiger partial charge in [-0.1, -0.05) is 6.07 Å². The maximum atomic E-state index is 2.34. The molecular formula is C18H26N4. The Morgan fingerprint density at radius 1 is 0.727 bits per heavy atom. The van der Waals surface area contributed by atoms with E-state index in [-0.39, 0.29) is 0 Å². The first-order valence-corrected chi connectivity index (χ1v) is 8.06. The van der Waals surface area contributed by atoms with Crippen molar-refractivity contribution in [1.29, 1.82) is 0 Å². The zero-order chi connectivity index (χ0) is 15.7. The summed E-state index contributed by atoms with van der Waals surface area (Å²) in [6, 6.07) is 9.83. The number of nitrogens with zero attached hydrogens (tertiary/aromatic N) is 4. The second kappa shape index (κ2) is 5.95. The summed E-state index contributed by atoms with van der Waals surface area (Å²) < 4.78 is 0. The van der Waals surface area contributed by atoms with E-state index in [1.165, 1.54) is 11.4 Å². The van der Waals surface area contributed by atoms with E-state index in [1.54, 1.807) is 0 Å². The van der Waals surface area contributed by atoms with Crippen molar-refractivity contribution in [3.63, 3.8) is 0 Å². The van der Waals surface area contributed by atoms with Crippen LogP contribution in [0.1, 0.15) is 27.7 Å². The van der Waals surface area contributed by atoms with Crippen molar-refractivity contribution in [3.8, 4) is 0 Å². The Kier molecular flexibility index (Phi) is 4.01. The lowest BCUT2D eigenvalue weighted by Gasteiger charge is -2.26. The minimum atomic E-state index is 0.533. The third kappa shape index (κ3) is 2.91. The summed E-state index contributed by atoms with van der Waals surface area (Å²) in [5.41, 5.74) is 2.49. The largest absolute Gasteiger partial charge is 0.356 e. The van der Waals surface area contributed by atoms with Crippen LogP contribution in [0.2, 0.25) is 0 Å². The molecule has 0 fully saturated rings. The first-order chi connectivity index (χ1) is 10.5. The van der Waals surface area contributed by atoms with Crippen molar-refractivity contribution < 1.29 is 0 Å². The molecule has 0 atom stereocenters. The van der Waals surface area contributed by atoms with Gasteiger partial charge in [0.1, 0.15) is 0 Å². The Morgan fingerprint density at radius 3 is 1.55 bits per heavy atom. The Hall–Kier alpha value is -2.10. The van der Waals surface area contributed by atoms with Crippen molar-refractivity contribution >= 4 is 11.4 Å². The van der Waals surface area contributed by atoms with Gasteiger partial charge in [0.05, 0.1) is 13.3 Å². The van der Waals surface area contributed by atoms with Gasteiger partial charge in [-0.25, -0.2) is 0 Å². The summed E-state index contributed by atoms with van der Waals surface area (Å²) in [7, 11) is 0. The minimum absolute atomic E-state index is 0.533. The van der Waals surface area contributed by atoms with Crippen LogP contribution in [0.15, 0.2) is 49.1 Å². The highest BCUT2D eigenvalue weighted by atomic mass is 15.4. The second-order valence-electron chi connectivity index (χ2n) is 6.55. The minimum Gasteiger partial charge on any atom is -0.356 e. The molecule has 22 heavy (non-hydrogen) atoms. The van der Waals surface area contributed by atoms with Crippen LogP contribution in [0.3, 0.4) is 0 Å². The molecular weight excluding hydrogens is 272 g/mol. The van der Waals surface area contributed by atoms with Crippen LogP contribution in [0.5, 0.6) is 0 Å². The van der Waals surface area contributed by atoms with Gasteiger partial charge in [-0.05, 0) is 45.9 Å². The lowest BCUT2D eigenvalue weighted by Crippen LogP contribution is -2.31. The molecule has 0 amide bonds. The van der Waals surface area contributed by atoms with Gasteiger partial charge in [0.25, 0.3) is 0 Å². The van der Waals surface area contributed by atoms with E-state index in [2.05, 4.69) is 96.4 Å². The van der Waals surface area contributed by atoms with E-state index < -0.39 is 0 Å². The summed E-state index contributed by atoms with van der Waals surface area (Å²) in [5.74, 6) is 0. The highest BCUT2D eigenvalue weighted by Crippen LogP contribution is 2.27. The standard InChI is InChI=1S/C18H26N4/c1-15(2)19-8-10-21(13-19)17-6-5-7-18(12-17)22-11-9-20(14-22)16(3)4/h5-12,15-16H,13-14H2,1-4H3. The van der Waals surface area contributed by atoms with Crippen molar-refractivity contribution in [2.75, 3.05) is 23.1 Å². The van der Waals surface area contributed by atoms with Crippen LogP contribution < -0.4 is 9.80 Å². The van der Waals surface area contributed by atoms with Crippen molar-refractivity contribution in [1.82, 2.24) is 9.80 Å². The number of rotatable bonds is 4. The van der Waals surface area contributed by atoms with Gasteiger partial charge < -0.3 is 19.6 Å². The normalized spacial score (nSPS) is 17.7. The SMILES string of the molecule is CC(C)N1C=CN(c2cccc(N3C=CN(C(C)C)C3)c2)C1. The molecule has 0 aromatic heterocycles. The first kappa shape index (κ1) is 14.8. The Bertz CT molecular complexity index is 529. The number of anilines is 2. The smallest absolute Gasteiger partial charge is 0.0944 e. The van der Waals surface area contributed by atoms with Crippen LogP contribution in [-0.4, -0.2) is 35.2 Å². The van der Waals surface area contributed by atoms with Crippen LogP contribution in [-0.2, 0) is 0 Å². The zero-order valence-corrected chi connectivity index (χ0v) is 14.0. The Balaban J connectivity index is 1.72. The van der Waals surface area contributed by atoms with Crippen LogP contribution >= 0.6 is 0 Å². The van der Waals surface area contributed by atoms with Gasteiger partial charge in [0.15, 0.2) is 0 Å². The average molecular weight is 298 g/mol. The number of benzene rings is 1. The van der Waals surface area contributed by atoms with Crippen LogP contribution in [0, 0.1) is 0 Å². The molecule has 2 aliphatic rings. The molecule has 3 rings (SSSR count). The Labute approximate surface area is 133 Å². The predicted octanol–water partition coefficient (Wildman–Crippen LogP) is 3.60. The van der Waals surface area contributed by atoms with Gasteiger partial charge in [-0.15, -0.1) is 0 Å². The molecule has 4 heteroatoms. The molecule has 0 aliphatic carbocycles. The Morgan fingerprint density at radius 2 is 1.18 bits per heavy atom. The average Bonchev–Trinajstić information content (AvgIpc) is 3.17. The monoisotopic (exact) mass is 298 g/mol. The van der Waals surface area contributed by atoms with Crippen molar-refractivity contribution in [3.05, 3.63) is 49.1 Å². The fourth-order valence-corrected chi connectivity index (χ4v) is 2.73. The summed E-state index contributed by atoms with van der Waals surface area (Å²) in [6.07, 6.45) is 8.68. The third-order valence-electron chi connectivity index (χ3n) is 4.33. The third-order valence-corrected chi connectivity index (χ3v) is 4.33. The highest BCUT2D eigenvalue weighted by Gasteiger charge is 2.19. The summed E-state index contributed by atoms with van der Waals surface area (Å²) in [6.45, 7) is 10.7. The highest BCUT2D eigenvalue weighted by molar-refractivity contribution is 5.62. The van der Waals surface area contributed by atoms with Gasteiger partial charge in [-0.3, -0.25) is 0 Å². The molecule has 0 bridgehead atoms. The van der Waals surface area contributed by atoms with Crippen molar-refractivity contribution in [2.45, 2.75) is 39.8 Å². The quantitative estimate of drug-likeness (QED) is 0.842. The molecule has 0 radical (unpaired) electrons. The second-order valence-corrected chi connectivity index (χ2v) is 6.55. The van der Waals surface area contributed by atoms with E-state index in [4.69, 9.17) is 0 Å². The van der Waals surface area contributed by atoms with E-state index >= 15 is 0 Å². The predicted molar refractivity (Wildman–Crippen MR) is 93.4 cm³/mol. The molecule has 2 heterocycles. The molecule has 1 aromatic carbocycles. The zero-order valence-electron chi connectivity index (χ0n) is 14.0. The summed E-state index contributed by atoms with van der Waals surface area (Å²) in [5, 5.41) is 0. The van der Waals surface area contributed by atoms with E-state index in [0.717, 1.165) is 13.3 Å². The van der Waals surface area contributed by atoms with E-state index in [1.807, 2.05) is 0 Å². The maximum absolute atomic E-state index is 2.34. The van der Waals surface area contributed by atoms with E-state index in [9.17, 15) is 0 Å². The molecule has 0 unspecified atom stereocenters. The lowest BCUT2D eigenvalue weighted by atomic mass is 10.2. The van der Waals surface area contributed by atoms with Gasteiger partial charge in [-0.2, -0.15) is 0 Å². The molecule has 0 saturated carbocycles. The van der Waals surface area contributed by atoms with Crippen LogP contribution in [0.4, 0.5) is 11.4 Å². The van der Waals surface area contributed by atoms with Gasteiger partial charge >= 0.3 is 0 Å². The molecule has 118 valence electrons. The van der Waals surface area contributed by atoms with Crippen molar-refractivity contribution in [2.24, 2.45) is 0 Å². The molecule has 0 saturated heterocycles. The lowest BCUT2D eigenvalue weighted by molar-refractivity contribution is 0.335. The van der Waals surface area contributed by atoms with E-state index in [0.29, 0.717) is 12.1 Å².